The summed E-state index contributed by atoms with van der Waals surface area (Å²) in [5.41, 5.74) is 2.52. The van der Waals surface area contributed by atoms with E-state index in [1.54, 1.807) is 48.5 Å². The van der Waals surface area contributed by atoms with Crippen molar-refractivity contribution < 1.29 is 28.8 Å². The van der Waals surface area contributed by atoms with E-state index in [0.29, 0.717) is 35.3 Å². The number of Topliss-reactive ketones (excluding diaryl/α,β-unsaturated/α-hetero) is 2. The molecule has 0 aliphatic heterocycles. The molecule has 0 aliphatic carbocycles. The van der Waals surface area contributed by atoms with Gasteiger partial charge in [-0.15, -0.1) is 0 Å². The lowest BCUT2D eigenvalue weighted by molar-refractivity contribution is -0.127. The molecule has 14 nitrogen and oxygen atoms in total. The van der Waals surface area contributed by atoms with E-state index in [4.69, 9.17) is 69.6 Å². The number of azo groups is 2. The Morgan fingerprint density at radius 3 is 1.23 bits per heavy atom. The SMILES string of the molecule is CCc1cc(NC(=O)C(N=Nc2cc(Cl)cc(C(=O)Nc3c(Cl)cccc3Cl)c2)C(C)=O)cc(CC)c1NC(=O)C(N=Nc1cc(Cl)cc(C(=O)Nc2c(Cl)cccc2Cl)c1)C(C)=O. The minimum Gasteiger partial charge on any atom is -0.324 e. The third-order valence-electron chi connectivity index (χ3n) is 9.12. The molecule has 330 valence electrons. The first-order valence-corrected chi connectivity index (χ1v) is 21.4. The van der Waals surface area contributed by atoms with Crippen molar-refractivity contribution in [2.45, 2.75) is 52.6 Å². The van der Waals surface area contributed by atoms with Crippen molar-refractivity contribution in [3.05, 3.63) is 137 Å². The molecule has 0 bridgehead atoms. The Bertz CT molecular complexity index is 2680. The van der Waals surface area contributed by atoms with Crippen LogP contribution in [0.15, 0.2) is 105 Å². The summed E-state index contributed by atoms with van der Waals surface area (Å²) in [6.07, 6.45) is 0.739. The van der Waals surface area contributed by atoms with Gasteiger partial charge in [0.1, 0.15) is 0 Å². The molecule has 0 aliphatic rings. The first-order chi connectivity index (χ1) is 30.4. The highest BCUT2D eigenvalue weighted by molar-refractivity contribution is 6.41. The minimum absolute atomic E-state index is 0.0726. The van der Waals surface area contributed by atoms with E-state index in [1.807, 2.05) is 13.8 Å². The zero-order valence-corrected chi connectivity index (χ0v) is 38.7. The maximum absolute atomic E-state index is 13.7. The van der Waals surface area contributed by atoms with Crippen molar-refractivity contribution in [2.24, 2.45) is 20.5 Å². The third kappa shape index (κ3) is 12.7. The highest BCUT2D eigenvalue weighted by Gasteiger charge is 2.27. The number of amides is 4. The van der Waals surface area contributed by atoms with Gasteiger partial charge in [0.05, 0.1) is 42.8 Å². The van der Waals surface area contributed by atoms with E-state index >= 15 is 0 Å². The lowest BCUT2D eigenvalue weighted by Crippen LogP contribution is -2.33. The number of rotatable bonds is 16. The second-order valence-electron chi connectivity index (χ2n) is 13.8. The van der Waals surface area contributed by atoms with Gasteiger partial charge < -0.3 is 21.3 Å². The summed E-state index contributed by atoms with van der Waals surface area (Å²) in [6, 6.07) is 17.7. The molecule has 0 saturated heterocycles. The van der Waals surface area contributed by atoms with Gasteiger partial charge in [0.2, 0.25) is 12.1 Å². The van der Waals surface area contributed by atoms with Crippen molar-refractivity contribution in [1.82, 2.24) is 0 Å². The highest BCUT2D eigenvalue weighted by atomic mass is 35.5. The highest BCUT2D eigenvalue weighted by Crippen LogP contribution is 2.33. The van der Waals surface area contributed by atoms with Crippen LogP contribution in [0.5, 0.6) is 0 Å². The van der Waals surface area contributed by atoms with Gasteiger partial charge in [0.25, 0.3) is 23.6 Å². The van der Waals surface area contributed by atoms with Crippen molar-refractivity contribution in [3.63, 3.8) is 0 Å². The number of benzene rings is 5. The molecule has 0 aromatic heterocycles. The molecule has 20 heteroatoms. The molecule has 2 unspecified atom stereocenters. The minimum atomic E-state index is -1.60. The Hall–Kier alpha value is -5.74. The Kier molecular flexibility index (Phi) is 17.1. The number of anilines is 4. The predicted octanol–water partition coefficient (Wildman–Crippen LogP) is 12.6. The number of hydrogen-bond donors (Lipinski definition) is 4. The Labute approximate surface area is 397 Å². The number of nitrogens with one attached hydrogen (secondary N) is 4. The van der Waals surface area contributed by atoms with Crippen molar-refractivity contribution >= 4 is 139 Å². The molecule has 64 heavy (non-hydrogen) atoms. The van der Waals surface area contributed by atoms with Crippen LogP contribution in [0.1, 0.15) is 59.5 Å². The standard InChI is InChI=1S/C44H36Cl6N8O6/c1-5-23-15-29(51-43(63)36(21(3)59)57-55-30-17-25(13-27(45)19-30)41(61)53-39-32(47)9-7-10-33(39)48)16-24(6-2)38(23)52-44(64)37(22(4)60)58-56-31-18-26(14-28(46)20-31)42(62)54-40-34(49)11-8-12-35(40)50/h7-20,36-37H,5-6H2,1-4H3,(H,51,63)(H,52,64)(H,53,61)(H,54,62). The van der Waals surface area contributed by atoms with Crippen LogP contribution in [0.2, 0.25) is 30.1 Å². The molecule has 0 fully saturated rings. The third-order valence-corrected chi connectivity index (χ3v) is 10.8. The van der Waals surface area contributed by atoms with Gasteiger partial charge in [0, 0.05) is 32.5 Å². The lowest BCUT2D eigenvalue weighted by atomic mass is 10.0. The fourth-order valence-corrected chi connectivity index (χ4v) is 7.42. The Balaban J connectivity index is 1.32. The van der Waals surface area contributed by atoms with Crippen LogP contribution in [0.3, 0.4) is 0 Å². The average Bonchev–Trinajstić information content (AvgIpc) is 3.23. The molecule has 5 rings (SSSR count). The van der Waals surface area contributed by atoms with Crippen molar-refractivity contribution in [2.75, 3.05) is 21.3 Å². The summed E-state index contributed by atoms with van der Waals surface area (Å²) < 4.78 is 0. The fourth-order valence-electron chi connectivity index (χ4n) is 5.98. The zero-order chi connectivity index (χ0) is 46.8. The van der Waals surface area contributed by atoms with Crippen LogP contribution in [0.4, 0.5) is 34.1 Å². The quantitative estimate of drug-likeness (QED) is 0.0560. The van der Waals surface area contributed by atoms with Gasteiger partial charge >= 0.3 is 0 Å². The van der Waals surface area contributed by atoms with Crippen LogP contribution in [-0.2, 0) is 32.0 Å². The topological polar surface area (TPSA) is 200 Å². The van der Waals surface area contributed by atoms with Gasteiger partial charge in [-0.2, -0.15) is 20.5 Å². The van der Waals surface area contributed by atoms with E-state index in [0.717, 1.165) is 0 Å². The smallest absolute Gasteiger partial charge is 0.258 e. The first-order valence-electron chi connectivity index (χ1n) is 19.1. The van der Waals surface area contributed by atoms with Crippen molar-refractivity contribution in [3.8, 4) is 0 Å². The molecule has 5 aromatic carbocycles. The summed E-state index contributed by atoms with van der Waals surface area (Å²) >= 11 is 37.3. The van der Waals surface area contributed by atoms with E-state index in [-0.39, 0.29) is 64.0 Å². The molecule has 2 atom stereocenters. The normalized spacial score (nSPS) is 12.2. The average molecular weight is 986 g/mol. The molecule has 0 radical (unpaired) electrons. The second kappa shape index (κ2) is 22.2. The van der Waals surface area contributed by atoms with E-state index in [2.05, 4.69) is 41.7 Å². The molecule has 0 heterocycles. The number of carbonyl (C=O) groups is 6. The van der Waals surface area contributed by atoms with E-state index in [9.17, 15) is 28.8 Å². The predicted molar refractivity (Wildman–Crippen MR) is 252 cm³/mol. The number of hydrogen-bond acceptors (Lipinski definition) is 10. The van der Waals surface area contributed by atoms with Crippen LogP contribution in [0.25, 0.3) is 0 Å². The van der Waals surface area contributed by atoms with Crippen LogP contribution in [-0.4, -0.2) is 47.3 Å². The Morgan fingerprint density at radius 2 is 0.875 bits per heavy atom. The van der Waals surface area contributed by atoms with Crippen LogP contribution < -0.4 is 21.3 Å². The Morgan fingerprint density at radius 1 is 0.500 bits per heavy atom. The van der Waals surface area contributed by atoms with Gasteiger partial charge in [-0.3, -0.25) is 28.8 Å². The fraction of sp³-hybridized carbons (Fsp3) is 0.182. The van der Waals surface area contributed by atoms with E-state index < -0.39 is 47.3 Å². The van der Waals surface area contributed by atoms with Crippen LogP contribution >= 0.6 is 69.6 Å². The molecule has 4 amide bonds. The number of carbonyl (C=O) groups excluding carboxylic acids is 6. The van der Waals surface area contributed by atoms with Gasteiger partial charge in [-0.25, -0.2) is 0 Å². The number of ketones is 2. The van der Waals surface area contributed by atoms with E-state index in [1.165, 1.54) is 50.2 Å². The monoisotopic (exact) mass is 982 g/mol. The molecular formula is C44H36Cl6N8O6. The lowest BCUT2D eigenvalue weighted by Gasteiger charge is -2.19. The molecule has 0 saturated carbocycles. The molecular weight excluding hydrogens is 949 g/mol. The largest absolute Gasteiger partial charge is 0.324 e. The van der Waals surface area contributed by atoms with Crippen molar-refractivity contribution in [1.29, 1.82) is 0 Å². The zero-order valence-electron chi connectivity index (χ0n) is 34.2. The maximum atomic E-state index is 13.7. The van der Waals surface area contributed by atoms with Crippen LogP contribution in [0, 0.1) is 0 Å². The summed E-state index contributed by atoms with van der Waals surface area (Å²) in [5.74, 6) is -4.07. The summed E-state index contributed by atoms with van der Waals surface area (Å²) in [7, 11) is 0. The van der Waals surface area contributed by atoms with Gasteiger partial charge in [-0.1, -0.05) is 95.6 Å². The second-order valence-corrected chi connectivity index (χ2v) is 16.3. The van der Waals surface area contributed by atoms with Gasteiger partial charge in [0.15, 0.2) is 11.6 Å². The first kappa shape index (κ1) is 49.3. The number of aryl methyl sites for hydroxylation is 2. The number of nitrogens with zero attached hydrogens (tertiary/aromatic N) is 4. The summed E-state index contributed by atoms with van der Waals surface area (Å²) in [5, 5.41) is 28.0. The summed E-state index contributed by atoms with van der Waals surface area (Å²) in [6.45, 7) is 5.99. The maximum Gasteiger partial charge on any atom is 0.258 e. The molecule has 5 aromatic rings. The molecule has 4 N–H and O–H groups in total. The number of halogens is 6. The van der Waals surface area contributed by atoms with Gasteiger partial charge in [-0.05, 0) is 111 Å². The molecule has 0 spiro atoms. The summed E-state index contributed by atoms with van der Waals surface area (Å²) in [4.78, 5) is 78.8. The number of para-hydroxylation sites is 2.